The van der Waals surface area contributed by atoms with E-state index in [9.17, 15) is 4.79 Å². The molecule has 1 saturated carbocycles. The molecule has 7 heteroatoms. The number of nitrogens with one attached hydrogen (secondary N) is 1. The minimum Gasteiger partial charge on any atom is -0.497 e. The van der Waals surface area contributed by atoms with Crippen LogP contribution in [0.1, 0.15) is 62.4 Å². The van der Waals surface area contributed by atoms with Crippen LogP contribution in [0.15, 0.2) is 30.3 Å². The topological polar surface area (TPSA) is 76.6 Å². The maximum absolute atomic E-state index is 12.3. The smallest absolute Gasteiger partial charge is 0.407 e. The first-order valence-electron chi connectivity index (χ1n) is 12.8. The summed E-state index contributed by atoms with van der Waals surface area (Å²) in [7, 11) is 1.68. The van der Waals surface area contributed by atoms with E-state index in [1.165, 1.54) is 19.3 Å². The SMILES string of the molecule is COc1ccc(-c2cc([C@H]3CN4CC[C@H]3C[C@@H]4COC(=O)NC3CCCCC3)nc(C)n2)cc1. The molecule has 4 aliphatic rings. The number of alkyl carbamates (subject to hydrolysis) is 1. The Morgan fingerprint density at radius 1 is 1.12 bits per heavy atom. The molecule has 0 radical (unpaired) electrons. The van der Waals surface area contributed by atoms with Gasteiger partial charge in [0.1, 0.15) is 18.2 Å². The third-order valence-electron chi connectivity index (χ3n) is 7.84. The summed E-state index contributed by atoms with van der Waals surface area (Å²) in [6.07, 6.45) is 7.79. The van der Waals surface area contributed by atoms with E-state index in [4.69, 9.17) is 19.4 Å². The summed E-state index contributed by atoms with van der Waals surface area (Å²) in [5.41, 5.74) is 3.16. The number of rotatable bonds is 6. The fraction of sp³-hybridized carbons (Fsp3) is 0.593. The Labute approximate surface area is 202 Å². The van der Waals surface area contributed by atoms with Crippen LogP contribution in [0.5, 0.6) is 5.75 Å². The van der Waals surface area contributed by atoms with Crippen molar-refractivity contribution < 1.29 is 14.3 Å². The summed E-state index contributed by atoms with van der Waals surface area (Å²) in [6, 6.07) is 10.8. The summed E-state index contributed by atoms with van der Waals surface area (Å²) in [5, 5.41) is 3.07. The van der Waals surface area contributed by atoms with E-state index in [-0.39, 0.29) is 12.1 Å². The van der Waals surface area contributed by atoms with Crippen LogP contribution >= 0.6 is 0 Å². The van der Waals surface area contributed by atoms with Gasteiger partial charge >= 0.3 is 6.09 Å². The van der Waals surface area contributed by atoms with Crippen molar-refractivity contribution in [2.45, 2.75) is 69.9 Å². The molecule has 182 valence electrons. The van der Waals surface area contributed by atoms with Crippen molar-refractivity contribution in [3.8, 4) is 17.0 Å². The number of hydrogen-bond donors (Lipinski definition) is 1. The van der Waals surface area contributed by atoms with Crippen molar-refractivity contribution in [3.05, 3.63) is 41.9 Å². The van der Waals surface area contributed by atoms with Gasteiger partial charge in [-0.05, 0) is 75.4 Å². The van der Waals surface area contributed by atoms with Gasteiger partial charge in [-0.1, -0.05) is 19.3 Å². The van der Waals surface area contributed by atoms with Crippen molar-refractivity contribution in [2.75, 3.05) is 26.8 Å². The molecule has 2 aromatic rings. The van der Waals surface area contributed by atoms with Crippen molar-refractivity contribution in [1.29, 1.82) is 0 Å². The molecule has 6 rings (SSSR count). The lowest BCUT2D eigenvalue weighted by Crippen LogP contribution is -2.54. The monoisotopic (exact) mass is 464 g/mol. The molecule has 7 nitrogen and oxygen atoms in total. The number of hydrogen-bond acceptors (Lipinski definition) is 6. The molecule has 3 aliphatic heterocycles. The average molecular weight is 465 g/mol. The van der Waals surface area contributed by atoms with E-state index in [1.54, 1.807) is 7.11 Å². The van der Waals surface area contributed by atoms with Gasteiger partial charge in [0.05, 0.1) is 12.8 Å². The van der Waals surface area contributed by atoms with Gasteiger partial charge in [-0.25, -0.2) is 14.8 Å². The van der Waals surface area contributed by atoms with Crippen LogP contribution in [-0.2, 0) is 4.74 Å². The minimum atomic E-state index is -0.248. The van der Waals surface area contributed by atoms with E-state index < -0.39 is 0 Å². The zero-order valence-corrected chi connectivity index (χ0v) is 20.3. The first-order valence-corrected chi connectivity index (χ1v) is 12.8. The summed E-state index contributed by atoms with van der Waals surface area (Å²) in [6.45, 7) is 4.47. The Balaban J connectivity index is 1.21. The summed E-state index contributed by atoms with van der Waals surface area (Å²) in [4.78, 5) is 24.3. The van der Waals surface area contributed by atoms with Crippen LogP contribution in [0.25, 0.3) is 11.3 Å². The van der Waals surface area contributed by atoms with Crippen LogP contribution in [0.2, 0.25) is 0 Å². The van der Waals surface area contributed by atoms with Crippen LogP contribution < -0.4 is 10.1 Å². The second-order valence-corrected chi connectivity index (χ2v) is 10.1. The first kappa shape index (κ1) is 23.1. The first-order chi connectivity index (χ1) is 16.6. The predicted octanol–water partition coefficient (Wildman–Crippen LogP) is 4.70. The second kappa shape index (κ2) is 10.3. The van der Waals surface area contributed by atoms with Crippen molar-refractivity contribution in [1.82, 2.24) is 20.2 Å². The zero-order valence-electron chi connectivity index (χ0n) is 20.3. The third kappa shape index (κ3) is 5.19. The zero-order chi connectivity index (χ0) is 23.5. The molecule has 4 heterocycles. The van der Waals surface area contributed by atoms with Crippen molar-refractivity contribution in [2.24, 2.45) is 5.92 Å². The van der Waals surface area contributed by atoms with Crippen LogP contribution in [0, 0.1) is 12.8 Å². The van der Waals surface area contributed by atoms with E-state index in [2.05, 4.69) is 16.3 Å². The van der Waals surface area contributed by atoms with Gasteiger partial charge in [0.25, 0.3) is 0 Å². The highest BCUT2D eigenvalue weighted by molar-refractivity contribution is 5.67. The Kier molecular flexibility index (Phi) is 6.99. The number of carbonyl (C=O) groups is 1. The quantitative estimate of drug-likeness (QED) is 0.668. The molecule has 1 N–H and O–H groups in total. The van der Waals surface area contributed by atoms with Crippen LogP contribution in [0.4, 0.5) is 4.79 Å². The molecule has 1 aromatic heterocycles. The van der Waals surface area contributed by atoms with E-state index in [1.807, 2.05) is 31.2 Å². The number of methoxy groups -OCH3 is 1. The van der Waals surface area contributed by atoms with E-state index >= 15 is 0 Å². The molecule has 1 aromatic carbocycles. The molecule has 3 saturated heterocycles. The van der Waals surface area contributed by atoms with Gasteiger partial charge in [0.15, 0.2) is 0 Å². The average Bonchev–Trinajstić information content (AvgIpc) is 2.88. The minimum absolute atomic E-state index is 0.248. The Hall–Kier alpha value is -2.67. The van der Waals surface area contributed by atoms with Gasteiger partial charge in [-0.15, -0.1) is 0 Å². The van der Waals surface area contributed by atoms with Crippen LogP contribution in [-0.4, -0.2) is 59.9 Å². The fourth-order valence-corrected chi connectivity index (χ4v) is 5.96. The molecule has 4 fully saturated rings. The van der Waals surface area contributed by atoms with E-state index in [0.29, 0.717) is 24.5 Å². The Bertz CT molecular complexity index is 990. The molecular formula is C27H36N4O3. The number of carbonyl (C=O) groups excluding carboxylic acids is 1. The number of amides is 1. The largest absolute Gasteiger partial charge is 0.497 e. The van der Waals surface area contributed by atoms with E-state index in [0.717, 1.165) is 67.3 Å². The molecule has 2 bridgehead atoms. The fourth-order valence-electron chi connectivity index (χ4n) is 5.96. The maximum atomic E-state index is 12.3. The number of aryl methyl sites for hydroxylation is 1. The number of aromatic nitrogens is 2. The summed E-state index contributed by atoms with van der Waals surface area (Å²) < 4.78 is 11.0. The highest BCUT2D eigenvalue weighted by atomic mass is 16.5. The lowest BCUT2D eigenvalue weighted by Gasteiger charge is -2.49. The van der Waals surface area contributed by atoms with Crippen LogP contribution in [0.3, 0.4) is 0 Å². The molecular weight excluding hydrogens is 428 g/mol. The number of nitrogens with zero attached hydrogens (tertiary/aromatic N) is 3. The lowest BCUT2D eigenvalue weighted by atomic mass is 9.74. The lowest BCUT2D eigenvalue weighted by molar-refractivity contribution is -0.00403. The number of fused-ring (bicyclic) bond motifs is 3. The standard InChI is InChI=1S/C27H36N4O3/c1-18-28-25(19-8-10-23(33-2)11-9-19)15-26(29-18)24-16-31-13-12-20(24)14-22(31)17-34-27(32)30-21-6-4-3-5-7-21/h8-11,15,20-22,24H,3-7,12-14,16-17H2,1-2H3,(H,30,32)/t20-,22+,24-/m0/s1. The second-order valence-electron chi connectivity index (χ2n) is 10.1. The Morgan fingerprint density at radius 2 is 1.91 bits per heavy atom. The maximum Gasteiger partial charge on any atom is 0.407 e. The summed E-state index contributed by atoms with van der Waals surface area (Å²) >= 11 is 0. The van der Waals surface area contributed by atoms with Gasteiger partial charge in [-0.2, -0.15) is 0 Å². The summed E-state index contributed by atoms with van der Waals surface area (Å²) in [5.74, 6) is 2.59. The Morgan fingerprint density at radius 3 is 2.62 bits per heavy atom. The normalized spacial score (nSPS) is 26.8. The molecule has 34 heavy (non-hydrogen) atoms. The van der Waals surface area contributed by atoms with Gasteiger partial charge < -0.3 is 14.8 Å². The van der Waals surface area contributed by atoms with Gasteiger partial charge in [0.2, 0.25) is 0 Å². The number of ether oxygens (including phenoxy) is 2. The molecule has 1 aliphatic carbocycles. The highest BCUT2D eigenvalue weighted by Crippen LogP contribution is 2.42. The number of piperidine rings is 3. The number of benzene rings is 1. The molecule has 1 unspecified atom stereocenters. The van der Waals surface area contributed by atoms with Crippen molar-refractivity contribution >= 4 is 6.09 Å². The highest BCUT2D eigenvalue weighted by Gasteiger charge is 2.42. The predicted molar refractivity (Wildman–Crippen MR) is 131 cm³/mol. The molecule has 1 amide bonds. The third-order valence-corrected chi connectivity index (χ3v) is 7.84. The molecule has 0 spiro atoms. The molecule has 4 atom stereocenters. The van der Waals surface area contributed by atoms with Gasteiger partial charge in [0, 0.05) is 35.8 Å². The van der Waals surface area contributed by atoms with Gasteiger partial charge in [-0.3, -0.25) is 4.90 Å². The van der Waals surface area contributed by atoms with Crippen molar-refractivity contribution in [3.63, 3.8) is 0 Å².